The van der Waals surface area contributed by atoms with E-state index in [0.717, 1.165) is 32.7 Å². The number of hydrogen-bond donors (Lipinski definition) is 1. The van der Waals surface area contributed by atoms with Crippen LogP contribution in [0.15, 0.2) is 0 Å². The summed E-state index contributed by atoms with van der Waals surface area (Å²) in [6, 6.07) is 0. The molecule has 122 valence electrons. The van der Waals surface area contributed by atoms with E-state index in [1.807, 2.05) is 14.0 Å². The zero-order valence-electron chi connectivity index (χ0n) is 13.5. The number of nitrogens with zero attached hydrogens (tertiary/aromatic N) is 1. The van der Waals surface area contributed by atoms with Crippen molar-refractivity contribution in [2.24, 2.45) is 5.41 Å². The maximum atomic E-state index is 12.3. The lowest BCUT2D eigenvalue weighted by Crippen LogP contribution is -2.50. The molecule has 1 aliphatic carbocycles. The third kappa shape index (κ3) is 4.94. The standard InChI is InChI=1S/C16H30N2O3/c1-3-20-10-8-16(6-4-5-7-16)13-17-15(19)14-12-18(2)9-11-21-14/h14H,3-13H2,1-2H3,(H,17,19)/t14-/m0/s1. The van der Waals surface area contributed by atoms with Crippen molar-refractivity contribution < 1.29 is 14.3 Å². The summed E-state index contributed by atoms with van der Waals surface area (Å²) in [6.07, 6.45) is 5.67. The predicted molar refractivity (Wildman–Crippen MR) is 82.3 cm³/mol. The van der Waals surface area contributed by atoms with E-state index in [1.54, 1.807) is 0 Å². The topological polar surface area (TPSA) is 50.8 Å². The summed E-state index contributed by atoms with van der Waals surface area (Å²) in [5, 5.41) is 3.14. The Morgan fingerprint density at radius 3 is 2.86 bits per heavy atom. The summed E-state index contributed by atoms with van der Waals surface area (Å²) in [5.74, 6) is 0.0456. The van der Waals surface area contributed by atoms with Crippen molar-refractivity contribution in [3.05, 3.63) is 0 Å². The summed E-state index contributed by atoms with van der Waals surface area (Å²) in [5.41, 5.74) is 0.241. The lowest BCUT2D eigenvalue weighted by molar-refractivity contribution is -0.138. The van der Waals surface area contributed by atoms with Crippen LogP contribution in [0.3, 0.4) is 0 Å². The molecule has 21 heavy (non-hydrogen) atoms. The second-order valence-corrected chi connectivity index (χ2v) is 6.49. The number of likely N-dealkylation sites (N-methyl/N-ethyl adjacent to an activating group) is 1. The van der Waals surface area contributed by atoms with Crippen LogP contribution < -0.4 is 5.32 Å². The van der Waals surface area contributed by atoms with Gasteiger partial charge in [0, 0.05) is 32.8 Å². The maximum absolute atomic E-state index is 12.3. The molecular formula is C16H30N2O3. The Morgan fingerprint density at radius 2 is 2.19 bits per heavy atom. The lowest BCUT2D eigenvalue weighted by Gasteiger charge is -2.32. The molecule has 1 saturated heterocycles. The van der Waals surface area contributed by atoms with Crippen LogP contribution in [0.5, 0.6) is 0 Å². The first-order valence-corrected chi connectivity index (χ1v) is 8.31. The smallest absolute Gasteiger partial charge is 0.250 e. The van der Waals surface area contributed by atoms with E-state index in [-0.39, 0.29) is 17.4 Å². The minimum atomic E-state index is -0.311. The molecule has 0 spiro atoms. The van der Waals surface area contributed by atoms with Gasteiger partial charge in [-0.05, 0) is 38.6 Å². The molecule has 5 heteroatoms. The second-order valence-electron chi connectivity index (χ2n) is 6.49. The Hall–Kier alpha value is -0.650. The molecule has 1 heterocycles. The van der Waals surface area contributed by atoms with Gasteiger partial charge in [-0.25, -0.2) is 0 Å². The minimum absolute atomic E-state index is 0.0456. The summed E-state index contributed by atoms with van der Waals surface area (Å²) >= 11 is 0. The van der Waals surface area contributed by atoms with Gasteiger partial charge in [-0.1, -0.05) is 12.8 Å². The Kier molecular flexibility index (Phi) is 6.45. The molecule has 5 nitrogen and oxygen atoms in total. The summed E-state index contributed by atoms with van der Waals surface area (Å²) < 4.78 is 11.1. The van der Waals surface area contributed by atoms with Crippen LogP contribution in [-0.2, 0) is 14.3 Å². The van der Waals surface area contributed by atoms with Gasteiger partial charge < -0.3 is 19.7 Å². The largest absolute Gasteiger partial charge is 0.382 e. The molecule has 0 aromatic rings. The molecule has 0 bridgehead atoms. The Bertz CT molecular complexity index is 329. The summed E-state index contributed by atoms with van der Waals surface area (Å²) in [4.78, 5) is 14.4. The lowest BCUT2D eigenvalue weighted by atomic mass is 9.83. The van der Waals surface area contributed by atoms with Gasteiger partial charge in [-0.15, -0.1) is 0 Å². The average Bonchev–Trinajstić information content (AvgIpc) is 2.94. The number of carbonyl (C=O) groups excluding carboxylic acids is 1. The molecule has 0 unspecified atom stereocenters. The van der Waals surface area contributed by atoms with E-state index in [9.17, 15) is 4.79 Å². The van der Waals surface area contributed by atoms with E-state index < -0.39 is 0 Å². The third-order valence-electron chi connectivity index (χ3n) is 4.84. The first-order valence-electron chi connectivity index (χ1n) is 8.31. The Labute approximate surface area is 128 Å². The molecule has 1 atom stereocenters. The molecule has 2 rings (SSSR count). The van der Waals surface area contributed by atoms with Crippen molar-refractivity contribution in [3.8, 4) is 0 Å². The summed E-state index contributed by atoms with van der Waals surface area (Å²) in [6.45, 7) is 6.60. The number of ether oxygens (including phenoxy) is 2. The molecule has 0 aromatic carbocycles. The first kappa shape index (κ1) is 16.7. The zero-order valence-corrected chi connectivity index (χ0v) is 13.5. The average molecular weight is 298 g/mol. The van der Waals surface area contributed by atoms with Crippen molar-refractivity contribution in [3.63, 3.8) is 0 Å². The van der Waals surface area contributed by atoms with Crippen LogP contribution in [0, 0.1) is 5.41 Å². The van der Waals surface area contributed by atoms with E-state index in [1.165, 1.54) is 25.7 Å². The number of morpholine rings is 1. The van der Waals surface area contributed by atoms with Crippen LogP contribution in [0.25, 0.3) is 0 Å². The van der Waals surface area contributed by atoms with Gasteiger partial charge in [0.15, 0.2) is 0 Å². The fraction of sp³-hybridized carbons (Fsp3) is 0.938. The van der Waals surface area contributed by atoms with Gasteiger partial charge in [-0.2, -0.15) is 0 Å². The molecule has 1 N–H and O–H groups in total. The normalized spacial score (nSPS) is 25.9. The molecule has 1 amide bonds. The van der Waals surface area contributed by atoms with E-state index in [4.69, 9.17) is 9.47 Å². The van der Waals surface area contributed by atoms with Gasteiger partial charge in [0.25, 0.3) is 0 Å². The molecule has 0 radical (unpaired) electrons. The van der Waals surface area contributed by atoms with Crippen molar-refractivity contribution >= 4 is 5.91 Å². The zero-order chi connectivity index (χ0) is 15.1. The molecule has 2 fully saturated rings. The fourth-order valence-electron chi connectivity index (χ4n) is 3.40. The maximum Gasteiger partial charge on any atom is 0.250 e. The van der Waals surface area contributed by atoms with Gasteiger partial charge in [0.2, 0.25) is 5.91 Å². The highest BCUT2D eigenvalue weighted by Gasteiger charge is 2.35. The molecule has 2 aliphatic rings. The molecular weight excluding hydrogens is 268 g/mol. The van der Waals surface area contributed by atoms with Crippen LogP contribution in [-0.4, -0.2) is 63.4 Å². The van der Waals surface area contributed by atoms with Crippen LogP contribution >= 0.6 is 0 Å². The highest BCUT2D eigenvalue weighted by Crippen LogP contribution is 2.40. The van der Waals surface area contributed by atoms with Crippen LogP contribution in [0.4, 0.5) is 0 Å². The number of hydrogen-bond acceptors (Lipinski definition) is 4. The fourth-order valence-corrected chi connectivity index (χ4v) is 3.40. The van der Waals surface area contributed by atoms with Crippen LogP contribution in [0.1, 0.15) is 39.0 Å². The number of nitrogens with one attached hydrogen (secondary N) is 1. The number of amides is 1. The number of carbonyl (C=O) groups is 1. The van der Waals surface area contributed by atoms with Gasteiger partial charge in [-0.3, -0.25) is 4.79 Å². The van der Waals surface area contributed by atoms with E-state index >= 15 is 0 Å². The van der Waals surface area contributed by atoms with E-state index in [0.29, 0.717) is 13.2 Å². The molecule has 1 aliphatic heterocycles. The minimum Gasteiger partial charge on any atom is -0.382 e. The SMILES string of the molecule is CCOCCC1(CNC(=O)[C@@H]2CN(C)CCO2)CCCC1. The van der Waals surface area contributed by atoms with Crippen molar-refractivity contribution in [2.75, 3.05) is 46.5 Å². The Morgan fingerprint density at radius 1 is 1.43 bits per heavy atom. The van der Waals surface area contributed by atoms with Crippen molar-refractivity contribution in [2.45, 2.75) is 45.1 Å². The molecule has 1 saturated carbocycles. The predicted octanol–water partition coefficient (Wildman–Crippen LogP) is 1.42. The van der Waals surface area contributed by atoms with Gasteiger partial charge in [0.1, 0.15) is 6.10 Å². The van der Waals surface area contributed by atoms with Crippen LogP contribution in [0.2, 0.25) is 0 Å². The van der Waals surface area contributed by atoms with E-state index in [2.05, 4.69) is 10.2 Å². The number of rotatable bonds is 7. The molecule has 0 aromatic heterocycles. The first-order chi connectivity index (χ1) is 10.2. The summed E-state index contributed by atoms with van der Waals surface area (Å²) in [7, 11) is 2.03. The highest BCUT2D eigenvalue weighted by atomic mass is 16.5. The second kappa shape index (κ2) is 8.11. The Balaban J connectivity index is 1.79. The van der Waals surface area contributed by atoms with Gasteiger partial charge >= 0.3 is 0 Å². The van der Waals surface area contributed by atoms with Crippen molar-refractivity contribution in [1.82, 2.24) is 10.2 Å². The van der Waals surface area contributed by atoms with Gasteiger partial charge in [0.05, 0.1) is 6.61 Å². The van der Waals surface area contributed by atoms with Crippen molar-refractivity contribution in [1.29, 1.82) is 0 Å². The monoisotopic (exact) mass is 298 g/mol. The highest BCUT2D eigenvalue weighted by molar-refractivity contribution is 5.81. The third-order valence-corrected chi connectivity index (χ3v) is 4.84. The quantitative estimate of drug-likeness (QED) is 0.722.